The van der Waals surface area contributed by atoms with E-state index in [2.05, 4.69) is 10.6 Å². The Hall–Kier alpha value is -0.770. The lowest BCUT2D eigenvalue weighted by Crippen LogP contribution is -2.37. The first-order chi connectivity index (χ1) is 12.7. The van der Waals surface area contributed by atoms with E-state index in [1.54, 1.807) is 23.5 Å². The van der Waals surface area contributed by atoms with Crippen LogP contribution in [-0.2, 0) is 23.9 Å². The molecule has 0 amide bonds. The van der Waals surface area contributed by atoms with Gasteiger partial charge in [-0.2, -0.15) is 0 Å². The van der Waals surface area contributed by atoms with Gasteiger partial charge in [0.2, 0.25) is 0 Å². The SMILES string of the molecule is O=CCC1S[C@@H](COC(=O)[C@@H]2CCCN2)[C@@H](COC(=O)[C@@H]2CCCN2)S1. The van der Waals surface area contributed by atoms with Crippen molar-refractivity contribution < 1.29 is 23.9 Å². The Bertz CT molecular complexity index is 469. The summed E-state index contributed by atoms with van der Waals surface area (Å²) in [5.74, 6) is -0.421. The van der Waals surface area contributed by atoms with E-state index >= 15 is 0 Å². The zero-order valence-corrected chi connectivity index (χ0v) is 16.3. The molecular weight excluding hydrogens is 376 g/mol. The van der Waals surface area contributed by atoms with Gasteiger partial charge < -0.3 is 24.9 Å². The van der Waals surface area contributed by atoms with Gasteiger partial charge in [0, 0.05) is 6.42 Å². The summed E-state index contributed by atoms with van der Waals surface area (Å²) in [6.07, 6.45) is 4.96. The Balaban J connectivity index is 1.48. The molecule has 3 fully saturated rings. The molecule has 146 valence electrons. The number of carbonyl (C=O) groups excluding carboxylic acids is 3. The first-order valence-electron chi connectivity index (χ1n) is 9.22. The van der Waals surface area contributed by atoms with Crippen LogP contribution in [0.1, 0.15) is 32.1 Å². The molecule has 7 nitrogen and oxygen atoms in total. The van der Waals surface area contributed by atoms with Crippen molar-refractivity contribution in [3.05, 3.63) is 0 Å². The van der Waals surface area contributed by atoms with Crippen molar-refractivity contribution in [2.75, 3.05) is 26.3 Å². The fourth-order valence-corrected chi connectivity index (χ4v) is 6.84. The van der Waals surface area contributed by atoms with Gasteiger partial charge in [-0.05, 0) is 38.8 Å². The van der Waals surface area contributed by atoms with Gasteiger partial charge in [0.1, 0.15) is 31.6 Å². The topological polar surface area (TPSA) is 93.7 Å². The fourth-order valence-electron chi connectivity index (χ4n) is 3.38. The minimum absolute atomic E-state index is 0.0274. The van der Waals surface area contributed by atoms with Crippen LogP contribution in [0.25, 0.3) is 0 Å². The molecule has 26 heavy (non-hydrogen) atoms. The molecule has 3 aliphatic rings. The highest BCUT2D eigenvalue weighted by Crippen LogP contribution is 2.45. The number of aldehydes is 1. The molecule has 0 aromatic rings. The number of hydrogen-bond acceptors (Lipinski definition) is 9. The van der Waals surface area contributed by atoms with Gasteiger partial charge in [-0.1, -0.05) is 0 Å². The smallest absolute Gasteiger partial charge is 0.323 e. The second-order valence-corrected chi connectivity index (χ2v) is 9.93. The van der Waals surface area contributed by atoms with Gasteiger partial charge >= 0.3 is 11.9 Å². The zero-order chi connectivity index (χ0) is 18.4. The molecule has 5 atom stereocenters. The molecule has 0 saturated carbocycles. The van der Waals surface area contributed by atoms with E-state index in [9.17, 15) is 14.4 Å². The normalized spacial score (nSPS) is 33.9. The van der Waals surface area contributed by atoms with Crippen molar-refractivity contribution in [3.63, 3.8) is 0 Å². The number of hydrogen-bond donors (Lipinski definition) is 2. The first kappa shape index (κ1) is 20.0. The summed E-state index contributed by atoms with van der Waals surface area (Å²) in [5, 5.41) is 6.32. The minimum atomic E-state index is -0.210. The van der Waals surface area contributed by atoms with Crippen molar-refractivity contribution in [1.82, 2.24) is 10.6 Å². The molecular formula is C17H26N2O5S2. The highest BCUT2D eigenvalue weighted by Gasteiger charge is 2.38. The van der Waals surface area contributed by atoms with E-state index in [1.807, 2.05) is 0 Å². The van der Waals surface area contributed by atoms with Crippen molar-refractivity contribution >= 4 is 41.7 Å². The molecule has 0 spiro atoms. The average molecular weight is 403 g/mol. The predicted octanol–water partition coefficient (Wildman–Crippen LogP) is 0.709. The molecule has 3 aliphatic heterocycles. The number of nitrogens with one attached hydrogen (secondary N) is 2. The lowest BCUT2D eigenvalue weighted by atomic mass is 10.2. The summed E-state index contributed by atoms with van der Waals surface area (Å²) in [4.78, 5) is 35.1. The molecule has 0 aromatic heterocycles. The predicted molar refractivity (Wildman–Crippen MR) is 101 cm³/mol. The molecule has 2 N–H and O–H groups in total. The Morgan fingerprint density at radius 1 is 0.923 bits per heavy atom. The van der Waals surface area contributed by atoms with Crippen LogP contribution >= 0.6 is 23.5 Å². The molecule has 0 aromatic carbocycles. The van der Waals surface area contributed by atoms with Gasteiger partial charge in [0.25, 0.3) is 0 Å². The second-order valence-electron chi connectivity index (χ2n) is 6.74. The molecule has 0 bridgehead atoms. The largest absolute Gasteiger partial charge is 0.463 e. The molecule has 9 heteroatoms. The number of thioether (sulfide) groups is 2. The van der Waals surface area contributed by atoms with Gasteiger partial charge in [-0.25, -0.2) is 0 Å². The summed E-state index contributed by atoms with van der Waals surface area (Å²) >= 11 is 3.28. The number of esters is 2. The summed E-state index contributed by atoms with van der Waals surface area (Å²) in [5.41, 5.74) is 0. The van der Waals surface area contributed by atoms with Crippen LogP contribution in [0.5, 0.6) is 0 Å². The van der Waals surface area contributed by atoms with E-state index in [-0.39, 0.29) is 52.3 Å². The summed E-state index contributed by atoms with van der Waals surface area (Å²) in [6.45, 7) is 2.27. The Labute approximate surface area is 162 Å². The Morgan fingerprint density at radius 3 is 1.81 bits per heavy atom. The monoisotopic (exact) mass is 402 g/mol. The van der Waals surface area contributed by atoms with Crippen LogP contribution in [-0.4, -0.2) is 71.7 Å². The van der Waals surface area contributed by atoms with Gasteiger partial charge in [-0.3, -0.25) is 9.59 Å². The van der Waals surface area contributed by atoms with Crippen molar-refractivity contribution in [2.24, 2.45) is 0 Å². The van der Waals surface area contributed by atoms with E-state index in [1.165, 1.54) is 0 Å². The third kappa shape index (κ3) is 5.37. The van der Waals surface area contributed by atoms with Crippen LogP contribution in [0.3, 0.4) is 0 Å². The first-order valence-corrected chi connectivity index (χ1v) is 11.1. The van der Waals surface area contributed by atoms with E-state index in [0.717, 1.165) is 45.1 Å². The van der Waals surface area contributed by atoms with Crippen LogP contribution in [0.2, 0.25) is 0 Å². The van der Waals surface area contributed by atoms with E-state index in [0.29, 0.717) is 6.42 Å². The summed E-state index contributed by atoms with van der Waals surface area (Å²) < 4.78 is 11.1. The number of carbonyl (C=O) groups is 3. The van der Waals surface area contributed by atoms with Crippen LogP contribution in [0, 0.1) is 0 Å². The quantitative estimate of drug-likeness (QED) is 0.450. The standard InChI is InChI=1S/C17H26N2O5S2/c20-8-5-15-25-13(9-23-16(21)11-3-1-6-18-11)14(26-15)10-24-17(22)12-4-2-7-19-12/h8,11-15,18-19H,1-7,9-10H2/t11-,12-,13-,14+,15?/m0/s1. The molecule has 3 rings (SSSR count). The number of rotatable bonds is 8. The van der Waals surface area contributed by atoms with Crippen molar-refractivity contribution in [3.8, 4) is 0 Å². The van der Waals surface area contributed by atoms with Gasteiger partial charge in [-0.15, -0.1) is 23.5 Å². The number of ether oxygens (including phenoxy) is 2. The third-order valence-electron chi connectivity index (χ3n) is 4.83. The van der Waals surface area contributed by atoms with Crippen LogP contribution in [0.15, 0.2) is 0 Å². The van der Waals surface area contributed by atoms with E-state index < -0.39 is 0 Å². The maximum Gasteiger partial charge on any atom is 0.323 e. The molecule has 3 saturated heterocycles. The average Bonchev–Trinajstić information content (AvgIpc) is 3.39. The molecule has 3 heterocycles. The maximum atomic E-state index is 12.1. The zero-order valence-electron chi connectivity index (χ0n) is 14.7. The highest BCUT2D eigenvalue weighted by atomic mass is 32.2. The fraction of sp³-hybridized carbons (Fsp3) is 0.824. The second kappa shape index (κ2) is 9.96. The molecule has 0 radical (unpaired) electrons. The van der Waals surface area contributed by atoms with Crippen molar-refractivity contribution in [2.45, 2.75) is 59.3 Å². The summed E-state index contributed by atoms with van der Waals surface area (Å²) in [7, 11) is 0. The third-order valence-corrected chi connectivity index (χ3v) is 8.29. The van der Waals surface area contributed by atoms with Gasteiger partial charge in [0.05, 0.1) is 15.1 Å². The maximum absolute atomic E-state index is 12.1. The molecule has 0 aliphatic carbocycles. The van der Waals surface area contributed by atoms with Crippen LogP contribution < -0.4 is 10.6 Å². The van der Waals surface area contributed by atoms with Crippen LogP contribution in [0.4, 0.5) is 0 Å². The lowest BCUT2D eigenvalue weighted by Gasteiger charge is -2.20. The van der Waals surface area contributed by atoms with Crippen molar-refractivity contribution in [1.29, 1.82) is 0 Å². The van der Waals surface area contributed by atoms with Gasteiger partial charge in [0.15, 0.2) is 0 Å². The molecule has 1 unspecified atom stereocenters. The van der Waals surface area contributed by atoms with E-state index in [4.69, 9.17) is 9.47 Å². The highest BCUT2D eigenvalue weighted by molar-refractivity contribution is 8.20. The minimum Gasteiger partial charge on any atom is -0.463 e. The summed E-state index contributed by atoms with van der Waals surface area (Å²) in [6, 6.07) is -0.408. The Morgan fingerprint density at radius 2 is 1.42 bits per heavy atom. The Kier molecular flexibility index (Phi) is 7.65. The lowest BCUT2D eigenvalue weighted by molar-refractivity contribution is -0.147.